The number of nitrogens with one attached hydrogen (secondary N) is 1. The summed E-state index contributed by atoms with van der Waals surface area (Å²) in [7, 11) is 1.72. The van der Waals surface area contributed by atoms with Crippen molar-refractivity contribution in [3.63, 3.8) is 0 Å². The molecule has 0 radical (unpaired) electrons. The summed E-state index contributed by atoms with van der Waals surface area (Å²) in [6.07, 6.45) is 4.68. The average molecular weight is 270 g/mol. The van der Waals surface area contributed by atoms with Crippen molar-refractivity contribution in [2.24, 2.45) is 5.92 Å². The van der Waals surface area contributed by atoms with Crippen LogP contribution in [0, 0.1) is 5.92 Å². The highest BCUT2D eigenvalue weighted by molar-refractivity contribution is 5.77. The van der Waals surface area contributed by atoms with Gasteiger partial charge in [0.05, 0.1) is 11.5 Å². The van der Waals surface area contributed by atoms with Crippen molar-refractivity contribution in [1.29, 1.82) is 0 Å². The minimum atomic E-state index is -0.817. The molecule has 2 aliphatic rings. The van der Waals surface area contributed by atoms with Crippen LogP contribution in [0.2, 0.25) is 0 Å². The molecule has 0 aromatic rings. The first-order valence-corrected chi connectivity index (χ1v) is 6.87. The van der Waals surface area contributed by atoms with E-state index < -0.39 is 11.9 Å². The Labute approximate surface area is 113 Å². The third-order valence-corrected chi connectivity index (χ3v) is 4.38. The van der Waals surface area contributed by atoms with Gasteiger partial charge in [-0.3, -0.25) is 4.79 Å². The van der Waals surface area contributed by atoms with E-state index in [0.717, 1.165) is 19.3 Å². The zero-order chi connectivity index (χ0) is 13.9. The highest BCUT2D eigenvalue weighted by Gasteiger charge is 2.37. The maximum atomic E-state index is 11.9. The molecule has 1 aliphatic heterocycles. The van der Waals surface area contributed by atoms with Crippen molar-refractivity contribution in [3.8, 4) is 0 Å². The predicted octanol–water partition coefficient (Wildman–Crippen LogP) is 1.06. The zero-order valence-corrected chi connectivity index (χ0v) is 11.4. The number of nitrogens with zero attached hydrogens (tertiary/aromatic N) is 1. The molecule has 1 atom stereocenters. The number of urea groups is 1. The topological polar surface area (TPSA) is 78.9 Å². The molecule has 1 heterocycles. The third-order valence-electron chi connectivity index (χ3n) is 4.38. The number of amides is 2. The van der Waals surface area contributed by atoms with Crippen LogP contribution in [0.4, 0.5) is 4.79 Å². The van der Waals surface area contributed by atoms with Crippen LogP contribution in [-0.2, 0) is 9.53 Å². The van der Waals surface area contributed by atoms with E-state index in [-0.39, 0.29) is 11.6 Å². The number of aliphatic carboxylic acids is 1. The van der Waals surface area contributed by atoms with Gasteiger partial charge in [0.1, 0.15) is 0 Å². The van der Waals surface area contributed by atoms with Gasteiger partial charge in [-0.25, -0.2) is 4.79 Å². The largest absolute Gasteiger partial charge is 0.481 e. The van der Waals surface area contributed by atoms with Crippen LogP contribution >= 0.6 is 0 Å². The van der Waals surface area contributed by atoms with E-state index in [4.69, 9.17) is 9.84 Å². The van der Waals surface area contributed by atoms with Gasteiger partial charge in [0.2, 0.25) is 0 Å². The van der Waals surface area contributed by atoms with Gasteiger partial charge in [0, 0.05) is 26.7 Å². The van der Waals surface area contributed by atoms with E-state index in [0.29, 0.717) is 26.1 Å². The SMILES string of the molecule is COC1(CCNC(=O)N2CCC(C(=O)O)C2)CCC1. The van der Waals surface area contributed by atoms with E-state index in [2.05, 4.69) is 5.32 Å². The van der Waals surface area contributed by atoms with Crippen molar-refractivity contribution in [3.05, 3.63) is 0 Å². The molecule has 0 bridgehead atoms. The normalized spacial score (nSPS) is 24.9. The number of ether oxygens (including phenoxy) is 1. The number of carbonyl (C=O) groups is 2. The minimum absolute atomic E-state index is 0.0398. The number of carboxylic acids is 1. The molecule has 1 saturated carbocycles. The van der Waals surface area contributed by atoms with E-state index >= 15 is 0 Å². The Morgan fingerprint density at radius 3 is 2.68 bits per heavy atom. The molecule has 1 saturated heterocycles. The van der Waals surface area contributed by atoms with Gasteiger partial charge in [-0.2, -0.15) is 0 Å². The molecule has 0 spiro atoms. The lowest BCUT2D eigenvalue weighted by molar-refractivity contribution is -0.141. The smallest absolute Gasteiger partial charge is 0.317 e. The number of hydrogen-bond donors (Lipinski definition) is 2. The van der Waals surface area contributed by atoms with E-state index in [9.17, 15) is 9.59 Å². The van der Waals surface area contributed by atoms with E-state index in [1.807, 2.05) is 0 Å². The molecule has 6 nitrogen and oxygen atoms in total. The van der Waals surface area contributed by atoms with Crippen molar-refractivity contribution < 1.29 is 19.4 Å². The van der Waals surface area contributed by atoms with Crippen molar-refractivity contribution in [2.75, 3.05) is 26.7 Å². The highest BCUT2D eigenvalue weighted by Crippen LogP contribution is 2.37. The summed E-state index contributed by atoms with van der Waals surface area (Å²) in [4.78, 5) is 24.3. The number of rotatable bonds is 5. The average Bonchev–Trinajstić information content (AvgIpc) is 2.82. The second kappa shape index (κ2) is 5.77. The molecule has 2 amide bonds. The van der Waals surface area contributed by atoms with Crippen LogP contribution in [0.5, 0.6) is 0 Å². The molecule has 1 unspecified atom stereocenters. The maximum Gasteiger partial charge on any atom is 0.317 e. The van der Waals surface area contributed by atoms with Crippen LogP contribution in [0.25, 0.3) is 0 Å². The first-order chi connectivity index (χ1) is 9.06. The Bertz CT molecular complexity index is 349. The molecule has 2 rings (SSSR count). The lowest BCUT2D eigenvalue weighted by Gasteiger charge is -2.40. The van der Waals surface area contributed by atoms with Gasteiger partial charge in [0.25, 0.3) is 0 Å². The van der Waals surface area contributed by atoms with E-state index in [1.54, 1.807) is 12.0 Å². The molecule has 0 aromatic carbocycles. The molecule has 1 aliphatic carbocycles. The van der Waals surface area contributed by atoms with Gasteiger partial charge in [0.15, 0.2) is 0 Å². The number of methoxy groups -OCH3 is 1. The Morgan fingerprint density at radius 1 is 1.47 bits per heavy atom. The molecule has 108 valence electrons. The van der Waals surface area contributed by atoms with Gasteiger partial charge in [-0.1, -0.05) is 0 Å². The third kappa shape index (κ3) is 3.18. The number of carbonyl (C=O) groups excluding carboxylic acids is 1. The fourth-order valence-corrected chi connectivity index (χ4v) is 2.78. The standard InChI is InChI=1S/C13H22N2O4/c1-19-13(4-2-5-13)6-7-14-12(18)15-8-3-10(9-15)11(16)17/h10H,2-9H2,1H3,(H,14,18)(H,16,17). The Hall–Kier alpha value is -1.30. The molecule has 2 fully saturated rings. The van der Waals surface area contributed by atoms with Crippen LogP contribution in [0.1, 0.15) is 32.1 Å². The maximum absolute atomic E-state index is 11.9. The van der Waals surface area contributed by atoms with Gasteiger partial charge < -0.3 is 20.1 Å². The fourth-order valence-electron chi connectivity index (χ4n) is 2.78. The van der Waals surface area contributed by atoms with Crippen molar-refractivity contribution >= 4 is 12.0 Å². The summed E-state index contributed by atoms with van der Waals surface area (Å²) in [6.45, 7) is 1.43. The van der Waals surface area contributed by atoms with Crippen molar-refractivity contribution in [1.82, 2.24) is 10.2 Å². The highest BCUT2D eigenvalue weighted by atomic mass is 16.5. The summed E-state index contributed by atoms with van der Waals surface area (Å²) in [5.41, 5.74) is -0.0398. The van der Waals surface area contributed by atoms with Crippen LogP contribution in [0.3, 0.4) is 0 Å². The Balaban J connectivity index is 1.69. The summed E-state index contributed by atoms with van der Waals surface area (Å²) in [5.74, 6) is -1.23. The number of likely N-dealkylation sites (tertiary alicyclic amines) is 1. The second-order valence-electron chi connectivity index (χ2n) is 5.49. The monoisotopic (exact) mass is 270 g/mol. The quantitative estimate of drug-likeness (QED) is 0.783. The molecular weight excluding hydrogens is 248 g/mol. The molecule has 19 heavy (non-hydrogen) atoms. The van der Waals surface area contributed by atoms with Crippen LogP contribution in [0.15, 0.2) is 0 Å². The second-order valence-corrected chi connectivity index (χ2v) is 5.49. The first-order valence-electron chi connectivity index (χ1n) is 6.87. The lowest BCUT2D eigenvalue weighted by Crippen LogP contribution is -2.45. The molecular formula is C13H22N2O4. The summed E-state index contributed by atoms with van der Waals surface area (Å²) in [6, 6.07) is -0.158. The van der Waals surface area contributed by atoms with E-state index in [1.165, 1.54) is 6.42 Å². The van der Waals surface area contributed by atoms with Gasteiger partial charge >= 0.3 is 12.0 Å². The number of hydrogen-bond acceptors (Lipinski definition) is 3. The fraction of sp³-hybridized carbons (Fsp3) is 0.846. The lowest BCUT2D eigenvalue weighted by atomic mass is 9.77. The van der Waals surface area contributed by atoms with Gasteiger partial charge in [-0.15, -0.1) is 0 Å². The minimum Gasteiger partial charge on any atom is -0.481 e. The first kappa shape index (κ1) is 14.1. The molecule has 2 N–H and O–H groups in total. The molecule has 0 aromatic heterocycles. The summed E-state index contributed by atoms with van der Waals surface area (Å²) in [5, 5.41) is 11.7. The predicted molar refractivity (Wildman–Crippen MR) is 68.9 cm³/mol. The number of carboxylic acid groups (broad SMARTS) is 1. The Kier molecular flexibility index (Phi) is 4.29. The van der Waals surface area contributed by atoms with Crippen molar-refractivity contribution in [2.45, 2.75) is 37.7 Å². The van der Waals surface area contributed by atoms with Crippen LogP contribution < -0.4 is 5.32 Å². The van der Waals surface area contributed by atoms with Gasteiger partial charge in [-0.05, 0) is 32.1 Å². The summed E-state index contributed by atoms with van der Waals surface area (Å²) < 4.78 is 5.49. The summed E-state index contributed by atoms with van der Waals surface area (Å²) >= 11 is 0. The molecule has 6 heteroatoms. The zero-order valence-electron chi connectivity index (χ0n) is 11.4. The van der Waals surface area contributed by atoms with Crippen LogP contribution in [-0.4, -0.2) is 54.4 Å². The Morgan fingerprint density at radius 2 is 2.21 bits per heavy atom.